The van der Waals surface area contributed by atoms with E-state index in [1.165, 1.54) is 43.4 Å². The highest BCUT2D eigenvalue weighted by atomic mass is 16.5. The standard InChI is InChI=1S/C54H34N2O2/c1-3-15-38(16-4-1)55-46-23-11-13-25-50(46)57-52-29-27-35(33-48(52)55)44-31-37-32-45(41-20-8-10-22-43(41)54(37)42-21-9-7-19-40(42)44)36-28-30-53-49(34-36)56(39-17-5-2-6-18-39)47-24-12-14-26-51(47)58-53/h1-34H. The molecular weight excluding hydrogens is 709 g/mol. The molecule has 0 radical (unpaired) electrons. The fraction of sp³-hybridized carbons (Fsp3) is 0. The van der Waals surface area contributed by atoms with Crippen molar-refractivity contribution in [2.24, 2.45) is 0 Å². The van der Waals surface area contributed by atoms with Gasteiger partial charge in [-0.1, -0.05) is 121 Å². The predicted molar refractivity (Wildman–Crippen MR) is 239 cm³/mol. The van der Waals surface area contributed by atoms with Gasteiger partial charge < -0.3 is 19.3 Å². The molecule has 0 bridgehead atoms. The Balaban J connectivity index is 1.07. The number of nitrogens with zero attached hydrogens (tertiary/aromatic N) is 2. The lowest BCUT2D eigenvalue weighted by atomic mass is 9.87. The highest BCUT2D eigenvalue weighted by molar-refractivity contribution is 6.26. The summed E-state index contributed by atoms with van der Waals surface area (Å²) in [6, 6.07) is 73.2. The zero-order valence-corrected chi connectivity index (χ0v) is 31.3. The molecule has 4 heteroatoms. The first-order valence-corrected chi connectivity index (χ1v) is 19.7. The second kappa shape index (κ2) is 12.9. The first kappa shape index (κ1) is 32.4. The lowest BCUT2D eigenvalue weighted by Crippen LogP contribution is -2.15. The van der Waals surface area contributed by atoms with Gasteiger partial charge in [0.2, 0.25) is 0 Å². The van der Waals surface area contributed by atoms with E-state index in [0.717, 1.165) is 68.2 Å². The Morgan fingerprint density at radius 1 is 0.293 bits per heavy atom. The van der Waals surface area contributed by atoms with Crippen molar-refractivity contribution < 1.29 is 9.47 Å². The minimum atomic E-state index is 0.827. The zero-order valence-electron chi connectivity index (χ0n) is 31.3. The number of anilines is 6. The maximum Gasteiger partial charge on any atom is 0.151 e. The van der Waals surface area contributed by atoms with Crippen LogP contribution < -0.4 is 19.3 Å². The van der Waals surface area contributed by atoms with Crippen LogP contribution in [0.5, 0.6) is 23.0 Å². The number of benzene rings is 10. The summed E-state index contributed by atoms with van der Waals surface area (Å²) in [6.07, 6.45) is 0. The monoisotopic (exact) mass is 742 g/mol. The first-order chi connectivity index (χ1) is 28.8. The van der Waals surface area contributed by atoms with Crippen LogP contribution in [0.1, 0.15) is 0 Å². The van der Waals surface area contributed by atoms with Crippen LogP contribution in [-0.4, -0.2) is 0 Å². The summed E-state index contributed by atoms with van der Waals surface area (Å²) >= 11 is 0. The molecular formula is C54H34N2O2. The zero-order chi connectivity index (χ0) is 38.2. The number of hydrogen-bond donors (Lipinski definition) is 0. The van der Waals surface area contributed by atoms with Crippen LogP contribution in [0.15, 0.2) is 206 Å². The molecule has 0 spiro atoms. The van der Waals surface area contributed by atoms with Gasteiger partial charge >= 0.3 is 0 Å². The van der Waals surface area contributed by atoms with Crippen LogP contribution in [0.4, 0.5) is 34.1 Å². The van der Waals surface area contributed by atoms with Crippen molar-refractivity contribution in [3.05, 3.63) is 206 Å². The van der Waals surface area contributed by atoms with Gasteiger partial charge in [-0.05, 0) is 140 Å². The van der Waals surface area contributed by atoms with E-state index in [1.54, 1.807) is 0 Å². The molecule has 2 aliphatic heterocycles. The normalized spacial score (nSPS) is 12.7. The maximum absolute atomic E-state index is 6.53. The van der Waals surface area contributed by atoms with Crippen LogP contribution in [0.2, 0.25) is 0 Å². The van der Waals surface area contributed by atoms with E-state index in [-0.39, 0.29) is 0 Å². The van der Waals surface area contributed by atoms with Crippen molar-refractivity contribution in [1.82, 2.24) is 0 Å². The van der Waals surface area contributed by atoms with Crippen molar-refractivity contribution in [1.29, 1.82) is 0 Å². The third-order valence-corrected chi connectivity index (χ3v) is 11.6. The van der Waals surface area contributed by atoms with Gasteiger partial charge in [-0.2, -0.15) is 0 Å². The third kappa shape index (κ3) is 5.02. The van der Waals surface area contributed by atoms with Gasteiger partial charge in [0.05, 0.1) is 22.7 Å². The molecule has 0 atom stereocenters. The molecule has 2 aliphatic rings. The topological polar surface area (TPSA) is 24.9 Å². The van der Waals surface area contributed by atoms with Gasteiger partial charge in [-0.3, -0.25) is 0 Å². The van der Waals surface area contributed by atoms with Gasteiger partial charge in [-0.25, -0.2) is 0 Å². The summed E-state index contributed by atoms with van der Waals surface area (Å²) < 4.78 is 13.1. The molecule has 0 aromatic heterocycles. The molecule has 10 aromatic carbocycles. The van der Waals surface area contributed by atoms with Crippen molar-refractivity contribution >= 4 is 66.4 Å². The average Bonchev–Trinajstić information content (AvgIpc) is 3.29. The minimum Gasteiger partial charge on any atom is -0.453 e. The Morgan fingerprint density at radius 3 is 1.14 bits per heavy atom. The molecule has 10 aromatic rings. The Bertz CT molecular complexity index is 3030. The quantitative estimate of drug-likeness (QED) is 0.168. The number of hydrogen-bond acceptors (Lipinski definition) is 4. The number of fused-ring (bicyclic) bond motifs is 9. The number of rotatable bonds is 4. The molecule has 0 saturated carbocycles. The van der Waals surface area contributed by atoms with E-state index in [2.05, 4.69) is 192 Å². The van der Waals surface area contributed by atoms with Crippen molar-refractivity contribution in [3.63, 3.8) is 0 Å². The molecule has 58 heavy (non-hydrogen) atoms. The van der Waals surface area contributed by atoms with Gasteiger partial charge in [-0.15, -0.1) is 0 Å². The van der Waals surface area contributed by atoms with Crippen molar-refractivity contribution in [3.8, 4) is 45.3 Å². The SMILES string of the molecule is c1ccc(N2c3ccccc3Oc3ccc(-c4cc5cc(-c6ccc7c(c6)N(c6ccccc6)c6ccccc6O7)c6ccccc6c5c5ccccc45)cc32)cc1. The van der Waals surface area contributed by atoms with Crippen LogP contribution in [0.25, 0.3) is 54.6 Å². The van der Waals surface area contributed by atoms with E-state index in [4.69, 9.17) is 9.47 Å². The highest BCUT2D eigenvalue weighted by Crippen LogP contribution is 2.54. The molecule has 0 unspecified atom stereocenters. The third-order valence-electron chi connectivity index (χ3n) is 11.6. The lowest BCUT2D eigenvalue weighted by Gasteiger charge is -2.33. The van der Waals surface area contributed by atoms with Gasteiger partial charge in [0.25, 0.3) is 0 Å². The molecule has 2 heterocycles. The Morgan fingerprint density at radius 2 is 0.672 bits per heavy atom. The maximum atomic E-state index is 6.53. The van der Waals surface area contributed by atoms with Crippen LogP contribution in [0, 0.1) is 0 Å². The largest absolute Gasteiger partial charge is 0.453 e. The van der Waals surface area contributed by atoms with E-state index in [0.29, 0.717) is 0 Å². The Labute approximate surface area is 336 Å². The molecule has 0 aliphatic carbocycles. The summed E-state index contributed by atoms with van der Waals surface area (Å²) in [6.45, 7) is 0. The fourth-order valence-electron chi connectivity index (χ4n) is 9.01. The second-order valence-corrected chi connectivity index (χ2v) is 14.9. The summed E-state index contributed by atoms with van der Waals surface area (Å²) in [5, 5.41) is 7.30. The molecule has 0 N–H and O–H groups in total. The summed E-state index contributed by atoms with van der Waals surface area (Å²) in [7, 11) is 0. The van der Waals surface area contributed by atoms with Gasteiger partial charge in [0.1, 0.15) is 0 Å². The number of para-hydroxylation sites is 6. The van der Waals surface area contributed by atoms with Crippen LogP contribution in [-0.2, 0) is 0 Å². The van der Waals surface area contributed by atoms with E-state index < -0.39 is 0 Å². The Hall–Kier alpha value is -7.82. The molecule has 0 amide bonds. The van der Waals surface area contributed by atoms with Crippen LogP contribution >= 0.6 is 0 Å². The van der Waals surface area contributed by atoms with Gasteiger partial charge in [0.15, 0.2) is 23.0 Å². The Kier molecular flexibility index (Phi) is 7.20. The number of ether oxygens (including phenoxy) is 2. The summed E-state index contributed by atoms with van der Waals surface area (Å²) in [4.78, 5) is 4.62. The van der Waals surface area contributed by atoms with E-state index in [9.17, 15) is 0 Å². The molecule has 12 rings (SSSR count). The molecule has 272 valence electrons. The van der Waals surface area contributed by atoms with Crippen LogP contribution in [0.3, 0.4) is 0 Å². The van der Waals surface area contributed by atoms with E-state index >= 15 is 0 Å². The minimum absolute atomic E-state index is 0.827. The fourth-order valence-corrected chi connectivity index (χ4v) is 9.01. The summed E-state index contributed by atoms with van der Waals surface area (Å²) in [5.74, 6) is 3.33. The molecule has 0 saturated heterocycles. The highest BCUT2D eigenvalue weighted by Gasteiger charge is 2.28. The van der Waals surface area contributed by atoms with Crippen molar-refractivity contribution in [2.45, 2.75) is 0 Å². The molecule has 0 fully saturated rings. The van der Waals surface area contributed by atoms with E-state index in [1.807, 2.05) is 24.3 Å². The van der Waals surface area contributed by atoms with Crippen molar-refractivity contribution in [2.75, 3.05) is 9.80 Å². The average molecular weight is 743 g/mol. The van der Waals surface area contributed by atoms with Gasteiger partial charge in [0, 0.05) is 11.4 Å². The lowest BCUT2D eigenvalue weighted by molar-refractivity contribution is 0.477. The summed E-state index contributed by atoms with van der Waals surface area (Å²) in [5.41, 5.74) is 10.8. The smallest absolute Gasteiger partial charge is 0.151 e. The predicted octanol–water partition coefficient (Wildman–Crippen LogP) is 15.6. The second-order valence-electron chi connectivity index (χ2n) is 14.9. The molecule has 4 nitrogen and oxygen atoms in total. The first-order valence-electron chi connectivity index (χ1n) is 19.7.